The third-order valence-electron chi connectivity index (χ3n) is 6.77. The van der Waals surface area contributed by atoms with Crippen LogP contribution < -0.4 is 16.0 Å². The summed E-state index contributed by atoms with van der Waals surface area (Å²) in [6, 6.07) is 20.9. The normalized spacial score (nSPS) is 15.9. The van der Waals surface area contributed by atoms with Gasteiger partial charge >= 0.3 is 0 Å². The van der Waals surface area contributed by atoms with Crippen LogP contribution in [0, 0.1) is 13.8 Å². The highest BCUT2D eigenvalue weighted by atomic mass is 16.2. The highest BCUT2D eigenvalue weighted by molar-refractivity contribution is 5.99. The summed E-state index contributed by atoms with van der Waals surface area (Å²) < 4.78 is 0. The first-order valence-electron chi connectivity index (χ1n) is 12.0. The van der Waals surface area contributed by atoms with Gasteiger partial charge in [-0.25, -0.2) is 0 Å². The van der Waals surface area contributed by atoms with Crippen LogP contribution in [-0.2, 0) is 29.0 Å². The van der Waals surface area contributed by atoms with Crippen molar-refractivity contribution in [3.8, 4) is 0 Å². The number of H-pyrrole nitrogens is 1. The van der Waals surface area contributed by atoms with Crippen molar-refractivity contribution in [2.45, 2.75) is 45.3 Å². The minimum Gasteiger partial charge on any atom is -0.361 e. The molecular weight excluding hydrogens is 436 g/mol. The summed E-state index contributed by atoms with van der Waals surface area (Å²) in [5.74, 6) is -0.396. The molecule has 1 aliphatic heterocycles. The molecule has 0 unspecified atom stereocenters. The lowest BCUT2D eigenvalue weighted by Gasteiger charge is -2.27. The third-order valence-corrected chi connectivity index (χ3v) is 6.77. The zero-order chi connectivity index (χ0) is 24.4. The summed E-state index contributed by atoms with van der Waals surface area (Å²) in [5, 5.41) is 10.5. The molecule has 1 aromatic heterocycles. The standard InChI is InChI=1S/C29H30N4O2/c1-18-11-12-24(19(2)13-18)32-29(35)27(15-22-17-30-25-10-6-5-9-23(22)25)33-28(34)26-14-20-7-3-4-8-21(20)16-31-26/h3-13,17,26-27,30-31H,14-16H2,1-2H3,(H,32,35)(H,33,34)/t26-,27+/m0/s1. The smallest absolute Gasteiger partial charge is 0.247 e. The Morgan fingerprint density at radius 2 is 1.77 bits per heavy atom. The van der Waals surface area contributed by atoms with Crippen LogP contribution in [0.25, 0.3) is 10.9 Å². The second-order valence-electron chi connectivity index (χ2n) is 9.34. The van der Waals surface area contributed by atoms with Gasteiger partial charge in [0.25, 0.3) is 0 Å². The lowest BCUT2D eigenvalue weighted by Crippen LogP contribution is -2.53. The maximum absolute atomic E-state index is 13.5. The highest BCUT2D eigenvalue weighted by Gasteiger charge is 2.29. The second kappa shape index (κ2) is 9.76. The van der Waals surface area contributed by atoms with Crippen LogP contribution in [0.3, 0.4) is 0 Å². The number of fused-ring (bicyclic) bond motifs is 2. The van der Waals surface area contributed by atoms with E-state index >= 15 is 0 Å². The Hall–Kier alpha value is -3.90. The van der Waals surface area contributed by atoms with Gasteiger partial charge < -0.3 is 20.9 Å². The lowest BCUT2D eigenvalue weighted by molar-refractivity contribution is -0.128. The highest BCUT2D eigenvalue weighted by Crippen LogP contribution is 2.22. The molecule has 0 bridgehead atoms. The summed E-state index contributed by atoms with van der Waals surface area (Å²) in [6.45, 7) is 4.63. The van der Waals surface area contributed by atoms with E-state index in [-0.39, 0.29) is 17.9 Å². The molecule has 0 aliphatic carbocycles. The van der Waals surface area contributed by atoms with Crippen molar-refractivity contribution in [2.75, 3.05) is 5.32 Å². The molecule has 0 radical (unpaired) electrons. The molecule has 4 aromatic rings. The van der Waals surface area contributed by atoms with E-state index in [1.54, 1.807) is 0 Å². The maximum Gasteiger partial charge on any atom is 0.247 e. The van der Waals surface area contributed by atoms with Crippen LogP contribution in [0.15, 0.2) is 72.9 Å². The van der Waals surface area contributed by atoms with Crippen molar-refractivity contribution in [3.05, 3.63) is 101 Å². The van der Waals surface area contributed by atoms with Crippen LogP contribution in [0.2, 0.25) is 0 Å². The Morgan fingerprint density at radius 1 is 1.00 bits per heavy atom. The van der Waals surface area contributed by atoms with E-state index in [1.807, 2.05) is 74.6 Å². The largest absolute Gasteiger partial charge is 0.361 e. The molecule has 2 amide bonds. The van der Waals surface area contributed by atoms with Crippen LogP contribution in [0.1, 0.15) is 27.8 Å². The van der Waals surface area contributed by atoms with Gasteiger partial charge in [0.15, 0.2) is 0 Å². The number of amides is 2. The van der Waals surface area contributed by atoms with Gasteiger partial charge in [-0.05, 0) is 54.7 Å². The quantitative estimate of drug-likeness (QED) is 0.344. The van der Waals surface area contributed by atoms with Crippen molar-refractivity contribution in [1.82, 2.24) is 15.6 Å². The van der Waals surface area contributed by atoms with E-state index in [0.29, 0.717) is 19.4 Å². The van der Waals surface area contributed by atoms with E-state index in [1.165, 1.54) is 11.1 Å². The van der Waals surface area contributed by atoms with Crippen LogP contribution in [-0.4, -0.2) is 28.9 Å². The molecule has 0 saturated heterocycles. The molecule has 0 spiro atoms. The van der Waals surface area contributed by atoms with Crippen molar-refractivity contribution in [1.29, 1.82) is 0 Å². The topological polar surface area (TPSA) is 86.0 Å². The minimum atomic E-state index is -0.721. The lowest BCUT2D eigenvalue weighted by atomic mass is 9.95. The first kappa shape index (κ1) is 22.9. The Kier molecular flexibility index (Phi) is 6.38. The summed E-state index contributed by atoms with van der Waals surface area (Å²) in [6.07, 6.45) is 2.90. The van der Waals surface area contributed by atoms with Gasteiger partial charge in [-0.2, -0.15) is 0 Å². The number of carbonyl (C=O) groups is 2. The van der Waals surface area contributed by atoms with E-state index in [4.69, 9.17) is 0 Å². The fraction of sp³-hybridized carbons (Fsp3) is 0.241. The number of aryl methyl sites for hydroxylation is 2. The van der Waals surface area contributed by atoms with E-state index in [2.05, 4.69) is 33.1 Å². The summed E-state index contributed by atoms with van der Waals surface area (Å²) >= 11 is 0. The number of anilines is 1. The number of nitrogens with one attached hydrogen (secondary N) is 4. The van der Waals surface area contributed by atoms with Crippen molar-refractivity contribution >= 4 is 28.4 Å². The molecule has 1 aliphatic rings. The molecule has 35 heavy (non-hydrogen) atoms. The number of para-hydroxylation sites is 1. The van der Waals surface area contributed by atoms with Crippen LogP contribution >= 0.6 is 0 Å². The minimum absolute atomic E-state index is 0.167. The zero-order valence-electron chi connectivity index (χ0n) is 20.0. The van der Waals surface area contributed by atoms with Gasteiger partial charge in [0.2, 0.25) is 11.8 Å². The Morgan fingerprint density at radius 3 is 2.60 bits per heavy atom. The molecule has 3 aromatic carbocycles. The molecule has 5 rings (SSSR count). The molecule has 6 nitrogen and oxygen atoms in total. The summed E-state index contributed by atoms with van der Waals surface area (Å²) in [5.41, 5.74) is 7.24. The monoisotopic (exact) mass is 466 g/mol. The number of rotatable bonds is 6. The van der Waals surface area contributed by atoms with Crippen LogP contribution in [0.4, 0.5) is 5.69 Å². The molecule has 2 heterocycles. The van der Waals surface area contributed by atoms with Crippen LogP contribution in [0.5, 0.6) is 0 Å². The van der Waals surface area contributed by atoms with Gasteiger partial charge in [-0.1, -0.05) is 60.2 Å². The zero-order valence-corrected chi connectivity index (χ0v) is 20.0. The van der Waals surface area contributed by atoms with Crippen molar-refractivity contribution < 1.29 is 9.59 Å². The summed E-state index contributed by atoms with van der Waals surface area (Å²) in [4.78, 5) is 30.1. The average molecular weight is 467 g/mol. The molecule has 178 valence electrons. The van der Waals surface area contributed by atoms with E-state index in [0.717, 1.165) is 33.3 Å². The van der Waals surface area contributed by atoms with Crippen molar-refractivity contribution in [2.24, 2.45) is 0 Å². The molecule has 4 N–H and O–H groups in total. The number of aromatic nitrogens is 1. The van der Waals surface area contributed by atoms with Gasteiger partial charge in [-0.15, -0.1) is 0 Å². The Labute approximate surface area is 205 Å². The third kappa shape index (κ3) is 4.98. The average Bonchev–Trinajstić information content (AvgIpc) is 3.27. The summed E-state index contributed by atoms with van der Waals surface area (Å²) in [7, 11) is 0. The van der Waals surface area contributed by atoms with Gasteiger partial charge in [0, 0.05) is 35.8 Å². The van der Waals surface area contributed by atoms with Gasteiger partial charge in [0.1, 0.15) is 6.04 Å². The molecule has 2 atom stereocenters. The van der Waals surface area contributed by atoms with Gasteiger partial charge in [0.05, 0.1) is 6.04 Å². The fourth-order valence-electron chi connectivity index (χ4n) is 4.82. The molecule has 0 saturated carbocycles. The number of hydrogen-bond donors (Lipinski definition) is 4. The maximum atomic E-state index is 13.5. The number of carbonyl (C=O) groups excluding carboxylic acids is 2. The van der Waals surface area contributed by atoms with E-state index < -0.39 is 6.04 Å². The van der Waals surface area contributed by atoms with E-state index in [9.17, 15) is 9.59 Å². The SMILES string of the molecule is Cc1ccc(NC(=O)[C@@H](Cc2c[nH]c3ccccc23)NC(=O)[C@@H]2Cc3ccccc3CN2)c(C)c1. The Bertz CT molecular complexity index is 1390. The first-order valence-corrected chi connectivity index (χ1v) is 12.0. The second-order valence-corrected chi connectivity index (χ2v) is 9.34. The number of aromatic amines is 1. The van der Waals surface area contributed by atoms with Gasteiger partial charge in [-0.3, -0.25) is 9.59 Å². The fourth-order valence-corrected chi connectivity index (χ4v) is 4.82. The predicted molar refractivity (Wildman–Crippen MR) is 139 cm³/mol. The Balaban J connectivity index is 1.38. The number of benzene rings is 3. The molecule has 0 fully saturated rings. The molecular formula is C29H30N4O2. The first-order chi connectivity index (χ1) is 17.0. The molecule has 6 heteroatoms. The number of hydrogen-bond acceptors (Lipinski definition) is 3. The predicted octanol–water partition coefficient (Wildman–Crippen LogP) is 4.17. The van der Waals surface area contributed by atoms with Crippen molar-refractivity contribution in [3.63, 3.8) is 0 Å².